The number of carbonyl (C=O) groups is 1. The minimum absolute atomic E-state index is 0.0559. The lowest BCUT2D eigenvalue weighted by molar-refractivity contribution is -0.117. The molecule has 1 amide bonds. The van der Waals surface area contributed by atoms with Crippen molar-refractivity contribution >= 4 is 23.0 Å². The number of nitrogens with one attached hydrogen (secondary N) is 1. The summed E-state index contributed by atoms with van der Waals surface area (Å²) >= 11 is 0. The molecule has 6 nitrogen and oxygen atoms in total. The number of hydrogen-bond donors (Lipinski definition) is 1. The van der Waals surface area contributed by atoms with Crippen LogP contribution >= 0.6 is 0 Å². The van der Waals surface area contributed by atoms with Gasteiger partial charge in [0.25, 0.3) is 0 Å². The maximum absolute atomic E-state index is 12.5. The molecule has 0 bridgehead atoms. The van der Waals surface area contributed by atoms with Crippen LogP contribution in [0.5, 0.6) is 5.75 Å². The van der Waals surface area contributed by atoms with E-state index >= 15 is 0 Å². The van der Waals surface area contributed by atoms with Crippen LogP contribution in [-0.4, -0.2) is 63.7 Å². The first-order chi connectivity index (χ1) is 15.2. The lowest BCUT2D eigenvalue weighted by Gasteiger charge is -2.35. The fourth-order valence-electron chi connectivity index (χ4n) is 4.45. The lowest BCUT2D eigenvalue weighted by atomic mass is 10.2. The largest absolute Gasteiger partial charge is 0.497 e. The molecule has 2 aliphatic heterocycles. The summed E-state index contributed by atoms with van der Waals surface area (Å²) in [5.74, 6) is 0.930. The normalized spacial score (nSPS) is 17.8. The quantitative estimate of drug-likeness (QED) is 0.767. The average molecular weight is 423 g/mol. The van der Waals surface area contributed by atoms with Gasteiger partial charge in [-0.3, -0.25) is 9.69 Å². The zero-order valence-corrected chi connectivity index (χ0v) is 18.6. The second-order valence-electron chi connectivity index (χ2n) is 8.46. The first-order valence-corrected chi connectivity index (χ1v) is 11.5. The highest BCUT2D eigenvalue weighted by Gasteiger charge is 2.19. The summed E-state index contributed by atoms with van der Waals surface area (Å²) in [4.78, 5) is 19.6. The predicted octanol–water partition coefficient (Wildman–Crippen LogP) is 3.84. The Labute approximate surface area is 185 Å². The van der Waals surface area contributed by atoms with Gasteiger partial charge in [0, 0.05) is 56.3 Å². The number of carbonyl (C=O) groups excluding carboxylic acids is 1. The van der Waals surface area contributed by atoms with Crippen molar-refractivity contribution in [2.75, 3.05) is 68.0 Å². The first-order valence-electron chi connectivity index (χ1n) is 11.5. The highest BCUT2D eigenvalue weighted by molar-refractivity contribution is 5.92. The number of ether oxygens (including phenoxy) is 1. The zero-order chi connectivity index (χ0) is 21.5. The number of nitrogens with zero attached hydrogens (tertiary/aromatic N) is 3. The third-order valence-corrected chi connectivity index (χ3v) is 6.30. The molecule has 0 unspecified atom stereocenters. The molecule has 2 aromatic rings. The maximum Gasteiger partial charge on any atom is 0.238 e. The van der Waals surface area contributed by atoms with E-state index in [1.54, 1.807) is 7.11 Å². The third-order valence-electron chi connectivity index (χ3n) is 6.30. The highest BCUT2D eigenvalue weighted by Crippen LogP contribution is 2.22. The van der Waals surface area contributed by atoms with E-state index in [2.05, 4.69) is 44.3 Å². The molecule has 6 heteroatoms. The molecule has 1 N–H and O–H groups in total. The van der Waals surface area contributed by atoms with Crippen LogP contribution in [0.15, 0.2) is 48.5 Å². The van der Waals surface area contributed by atoms with Crippen LogP contribution in [0.3, 0.4) is 0 Å². The fourth-order valence-corrected chi connectivity index (χ4v) is 4.45. The Kier molecular flexibility index (Phi) is 7.30. The number of anilines is 3. The number of benzene rings is 2. The van der Waals surface area contributed by atoms with Crippen molar-refractivity contribution in [1.82, 2.24) is 4.90 Å². The van der Waals surface area contributed by atoms with Crippen molar-refractivity contribution in [2.24, 2.45) is 0 Å². The summed E-state index contributed by atoms with van der Waals surface area (Å²) in [5.41, 5.74) is 3.34. The van der Waals surface area contributed by atoms with Crippen LogP contribution in [0.2, 0.25) is 0 Å². The molecule has 0 aromatic heterocycles. The minimum Gasteiger partial charge on any atom is -0.497 e. The molecule has 2 aliphatic rings. The number of amides is 1. The van der Waals surface area contributed by atoms with E-state index in [-0.39, 0.29) is 5.91 Å². The van der Waals surface area contributed by atoms with Crippen LogP contribution < -0.4 is 19.9 Å². The lowest BCUT2D eigenvalue weighted by Crippen LogP contribution is -2.48. The van der Waals surface area contributed by atoms with Crippen molar-refractivity contribution < 1.29 is 9.53 Å². The first kappa shape index (κ1) is 21.5. The second-order valence-corrected chi connectivity index (χ2v) is 8.46. The van der Waals surface area contributed by atoms with Crippen LogP contribution in [0.1, 0.15) is 25.7 Å². The van der Waals surface area contributed by atoms with Crippen LogP contribution in [0.4, 0.5) is 17.1 Å². The second kappa shape index (κ2) is 10.5. The Balaban J connectivity index is 1.23. The van der Waals surface area contributed by atoms with Gasteiger partial charge in [0.05, 0.1) is 13.7 Å². The Bertz CT molecular complexity index is 822. The predicted molar refractivity (Wildman–Crippen MR) is 127 cm³/mol. The molecule has 0 spiro atoms. The van der Waals surface area contributed by atoms with E-state index < -0.39 is 0 Å². The van der Waals surface area contributed by atoms with Crippen LogP contribution in [-0.2, 0) is 4.79 Å². The summed E-state index contributed by atoms with van der Waals surface area (Å²) in [6.07, 6.45) is 5.20. The van der Waals surface area contributed by atoms with Crippen molar-refractivity contribution in [3.8, 4) is 5.75 Å². The Hall–Kier alpha value is -2.73. The van der Waals surface area contributed by atoms with Gasteiger partial charge in [-0.25, -0.2) is 0 Å². The molecule has 0 aliphatic carbocycles. The molecule has 0 radical (unpaired) electrons. The SMILES string of the molecule is COc1ccc(N2CCN(CC(=O)Nc3ccc(N4CCCCCC4)cc3)CC2)cc1. The van der Waals surface area contributed by atoms with Gasteiger partial charge in [-0.15, -0.1) is 0 Å². The van der Waals surface area contributed by atoms with Gasteiger partial charge < -0.3 is 19.9 Å². The Morgan fingerprint density at radius 1 is 0.774 bits per heavy atom. The maximum atomic E-state index is 12.5. The number of methoxy groups -OCH3 is 1. The summed E-state index contributed by atoms with van der Waals surface area (Å²) in [6.45, 7) is 6.31. The minimum atomic E-state index is 0.0559. The summed E-state index contributed by atoms with van der Waals surface area (Å²) < 4.78 is 5.23. The fraction of sp³-hybridized carbons (Fsp3) is 0.480. The van der Waals surface area contributed by atoms with E-state index in [0.29, 0.717) is 6.54 Å². The Morgan fingerprint density at radius 3 is 1.90 bits per heavy atom. The standard InChI is InChI=1S/C25H34N4O2/c1-31-24-12-10-23(11-13-24)29-18-16-27(17-19-29)20-25(30)26-21-6-8-22(9-7-21)28-14-4-2-3-5-15-28/h6-13H,2-5,14-20H2,1H3,(H,26,30). The smallest absolute Gasteiger partial charge is 0.238 e. The van der Waals surface area contributed by atoms with Gasteiger partial charge in [-0.1, -0.05) is 12.8 Å². The third kappa shape index (κ3) is 5.91. The van der Waals surface area contributed by atoms with Gasteiger partial charge in [-0.2, -0.15) is 0 Å². The van der Waals surface area contributed by atoms with Gasteiger partial charge in [0.1, 0.15) is 5.75 Å². The Morgan fingerprint density at radius 2 is 1.32 bits per heavy atom. The van der Waals surface area contributed by atoms with Gasteiger partial charge in [0.15, 0.2) is 0 Å². The van der Waals surface area contributed by atoms with Crippen LogP contribution in [0.25, 0.3) is 0 Å². The van der Waals surface area contributed by atoms with E-state index in [9.17, 15) is 4.79 Å². The zero-order valence-electron chi connectivity index (χ0n) is 18.6. The van der Waals surface area contributed by atoms with E-state index in [4.69, 9.17) is 4.74 Å². The van der Waals surface area contributed by atoms with Crippen LogP contribution in [0, 0.1) is 0 Å². The molecular formula is C25H34N4O2. The summed E-state index contributed by atoms with van der Waals surface area (Å²) in [7, 11) is 1.68. The molecule has 166 valence electrons. The van der Waals surface area contributed by atoms with E-state index in [1.165, 1.54) is 37.1 Å². The number of hydrogen-bond acceptors (Lipinski definition) is 5. The molecule has 4 rings (SSSR count). The molecule has 2 saturated heterocycles. The van der Waals surface area contributed by atoms with Crippen molar-refractivity contribution in [2.45, 2.75) is 25.7 Å². The van der Waals surface area contributed by atoms with Crippen molar-refractivity contribution in [3.05, 3.63) is 48.5 Å². The monoisotopic (exact) mass is 422 g/mol. The van der Waals surface area contributed by atoms with Gasteiger partial charge >= 0.3 is 0 Å². The summed E-state index contributed by atoms with van der Waals surface area (Å²) in [6, 6.07) is 16.5. The number of rotatable bonds is 6. The van der Waals surface area contributed by atoms with Gasteiger partial charge in [0.2, 0.25) is 5.91 Å². The summed E-state index contributed by atoms with van der Waals surface area (Å²) in [5, 5.41) is 3.06. The van der Waals surface area contributed by atoms with Crippen molar-refractivity contribution in [3.63, 3.8) is 0 Å². The molecule has 2 aromatic carbocycles. The molecule has 2 fully saturated rings. The average Bonchev–Trinajstić information content (AvgIpc) is 3.10. The molecule has 31 heavy (non-hydrogen) atoms. The van der Waals surface area contributed by atoms with E-state index in [0.717, 1.165) is 50.7 Å². The highest BCUT2D eigenvalue weighted by atomic mass is 16.5. The molecular weight excluding hydrogens is 388 g/mol. The molecule has 0 saturated carbocycles. The number of piperazine rings is 1. The van der Waals surface area contributed by atoms with E-state index in [1.807, 2.05) is 24.3 Å². The van der Waals surface area contributed by atoms with Crippen molar-refractivity contribution in [1.29, 1.82) is 0 Å². The topological polar surface area (TPSA) is 48.1 Å². The van der Waals surface area contributed by atoms with Gasteiger partial charge in [-0.05, 0) is 61.4 Å². The molecule has 0 atom stereocenters. The molecule has 2 heterocycles.